The van der Waals surface area contributed by atoms with Crippen LogP contribution in [-0.2, 0) is 6.54 Å². The van der Waals surface area contributed by atoms with Gasteiger partial charge in [-0.1, -0.05) is 19.1 Å². The van der Waals surface area contributed by atoms with Gasteiger partial charge >= 0.3 is 0 Å². The van der Waals surface area contributed by atoms with E-state index in [9.17, 15) is 4.39 Å². The van der Waals surface area contributed by atoms with Gasteiger partial charge in [0.1, 0.15) is 5.82 Å². The summed E-state index contributed by atoms with van der Waals surface area (Å²) in [4.78, 5) is 2.50. The molecule has 94 valence electrons. The van der Waals surface area contributed by atoms with Crippen LogP contribution in [0.5, 0.6) is 0 Å². The summed E-state index contributed by atoms with van der Waals surface area (Å²) >= 11 is 0. The number of nitrogens with one attached hydrogen (secondary N) is 1. The molecule has 1 atom stereocenters. The van der Waals surface area contributed by atoms with E-state index >= 15 is 0 Å². The van der Waals surface area contributed by atoms with E-state index in [1.54, 1.807) is 12.1 Å². The summed E-state index contributed by atoms with van der Waals surface area (Å²) in [6, 6.07) is 6.85. The van der Waals surface area contributed by atoms with Crippen LogP contribution in [0.25, 0.3) is 0 Å². The summed E-state index contributed by atoms with van der Waals surface area (Å²) in [6.07, 6.45) is 1.13. The molecule has 0 aromatic heterocycles. The average molecular weight is 236 g/mol. The van der Waals surface area contributed by atoms with Gasteiger partial charge in [-0.3, -0.25) is 4.90 Å². The molecule has 1 heterocycles. The van der Waals surface area contributed by atoms with Gasteiger partial charge in [0.05, 0.1) is 0 Å². The Morgan fingerprint density at radius 3 is 2.71 bits per heavy atom. The Kier molecular flexibility index (Phi) is 3.79. The predicted octanol–water partition coefficient (Wildman–Crippen LogP) is 2.40. The van der Waals surface area contributed by atoms with Crippen LogP contribution in [0, 0.1) is 5.82 Å². The van der Waals surface area contributed by atoms with Crippen LogP contribution >= 0.6 is 0 Å². The van der Waals surface area contributed by atoms with E-state index < -0.39 is 0 Å². The fourth-order valence-corrected chi connectivity index (χ4v) is 2.38. The molecule has 0 spiro atoms. The third-order valence-corrected chi connectivity index (χ3v) is 3.88. The minimum absolute atomic E-state index is 0.160. The molecule has 17 heavy (non-hydrogen) atoms. The SMILES string of the molecule is CCC1(C)CNCCN1Cc1ccc(F)cc1. The van der Waals surface area contributed by atoms with E-state index in [1.807, 2.05) is 12.1 Å². The second-order valence-corrected chi connectivity index (χ2v) is 5.08. The third-order valence-electron chi connectivity index (χ3n) is 3.88. The lowest BCUT2D eigenvalue weighted by atomic mass is 9.93. The lowest BCUT2D eigenvalue weighted by Crippen LogP contribution is -2.58. The fourth-order valence-electron chi connectivity index (χ4n) is 2.38. The molecule has 1 fully saturated rings. The zero-order valence-corrected chi connectivity index (χ0v) is 10.7. The summed E-state index contributed by atoms with van der Waals surface area (Å²) in [6.45, 7) is 8.56. The van der Waals surface area contributed by atoms with Crippen molar-refractivity contribution in [3.05, 3.63) is 35.6 Å². The molecule has 1 N–H and O–H groups in total. The van der Waals surface area contributed by atoms with Crippen molar-refractivity contribution in [2.75, 3.05) is 19.6 Å². The van der Waals surface area contributed by atoms with E-state index in [2.05, 4.69) is 24.1 Å². The van der Waals surface area contributed by atoms with Crippen LogP contribution in [0.4, 0.5) is 4.39 Å². The topological polar surface area (TPSA) is 15.3 Å². The lowest BCUT2D eigenvalue weighted by Gasteiger charge is -2.45. The van der Waals surface area contributed by atoms with E-state index in [0.717, 1.165) is 32.6 Å². The van der Waals surface area contributed by atoms with Crippen molar-refractivity contribution in [3.63, 3.8) is 0 Å². The number of benzene rings is 1. The van der Waals surface area contributed by atoms with Gasteiger partial charge in [-0.15, -0.1) is 0 Å². The molecular formula is C14H21FN2. The third kappa shape index (κ3) is 2.85. The second-order valence-electron chi connectivity index (χ2n) is 5.08. The van der Waals surface area contributed by atoms with Gasteiger partial charge in [0.2, 0.25) is 0 Å². The summed E-state index contributed by atoms with van der Waals surface area (Å²) in [5, 5.41) is 3.45. The molecule has 0 saturated carbocycles. The molecular weight excluding hydrogens is 215 g/mol. The van der Waals surface area contributed by atoms with E-state index in [0.29, 0.717) is 0 Å². The molecule has 2 nitrogen and oxygen atoms in total. The number of halogens is 1. The molecule has 1 aromatic carbocycles. The molecule has 1 aliphatic heterocycles. The quantitative estimate of drug-likeness (QED) is 0.867. The Morgan fingerprint density at radius 1 is 1.35 bits per heavy atom. The maximum atomic E-state index is 12.9. The van der Waals surface area contributed by atoms with Crippen molar-refractivity contribution >= 4 is 0 Å². The van der Waals surface area contributed by atoms with Crippen LogP contribution < -0.4 is 5.32 Å². The second kappa shape index (κ2) is 5.15. The Balaban J connectivity index is 2.08. The normalized spacial score (nSPS) is 26.1. The van der Waals surface area contributed by atoms with Crippen molar-refractivity contribution < 1.29 is 4.39 Å². The Bertz CT molecular complexity index is 363. The minimum Gasteiger partial charge on any atom is -0.314 e. The zero-order chi connectivity index (χ0) is 12.3. The van der Waals surface area contributed by atoms with Gasteiger partial charge in [-0.25, -0.2) is 4.39 Å². The number of piperazine rings is 1. The van der Waals surface area contributed by atoms with Crippen LogP contribution in [0.3, 0.4) is 0 Å². The first-order valence-corrected chi connectivity index (χ1v) is 6.34. The molecule has 2 rings (SSSR count). The molecule has 1 unspecified atom stereocenters. The molecule has 3 heteroatoms. The first-order valence-electron chi connectivity index (χ1n) is 6.34. The molecule has 0 aliphatic carbocycles. The van der Waals surface area contributed by atoms with E-state index in [-0.39, 0.29) is 11.4 Å². The first-order chi connectivity index (χ1) is 8.14. The predicted molar refractivity (Wildman–Crippen MR) is 68.4 cm³/mol. The Morgan fingerprint density at radius 2 is 2.06 bits per heavy atom. The number of nitrogens with zero attached hydrogens (tertiary/aromatic N) is 1. The molecule has 1 aromatic rings. The number of rotatable bonds is 3. The minimum atomic E-state index is -0.160. The summed E-state index contributed by atoms with van der Waals surface area (Å²) < 4.78 is 12.9. The van der Waals surface area contributed by atoms with Crippen molar-refractivity contribution in [3.8, 4) is 0 Å². The maximum Gasteiger partial charge on any atom is 0.123 e. The zero-order valence-electron chi connectivity index (χ0n) is 10.7. The van der Waals surface area contributed by atoms with Crippen LogP contribution in [0.1, 0.15) is 25.8 Å². The van der Waals surface area contributed by atoms with Crippen molar-refractivity contribution in [2.45, 2.75) is 32.4 Å². The molecule has 1 aliphatic rings. The lowest BCUT2D eigenvalue weighted by molar-refractivity contribution is 0.0637. The maximum absolute atomic E-state index is 12.9. The number of hydrogen-bond acceptors (Lipinski definition) is 2. The average Bonchev–Trinajstić information content (AvgIpc) is 2.35. The van der Waals surface area contributed by atoms with Gasteiger partial charge in [0.15, 0.2) is 0 Å². The Labute approximate surface area is 103 Å². The van der Waals surface area contributed by atoms with E-state index in [4.69, 9.17) is 0 Å². The standard InChI is InChI=1S/C14H21FN2/c1-3-14(2)11-16-8-9-17(14)10-12-4-6-13(15)7-5-12/h4-7,16H,3,8-11H2,1-2H3. The van der Waals surface area contributed by atoms with Crippen molar-refractivity contribution in [1.29, 1.82) is 0 Å². The highest BCUT2D eigenvalue weighted by Crippen LogP contribution is 2.23. The highest BCUT2D eigenvalue weighted by molar-refractivity contribution is 5.16. The fraction of sp³-hybridized carbons (Fsp3) is 0.571. The van der Waals surface area contributed by atoms with Gasteiger partial charge < -0.3 is 5.32 Å². The van der Waals surface area contributed by atoms with Crippen molar-refractivity contribution in [1.82, 2.24) is 10.2 Å². The van der Waals surface area contributed by atoms with Crippen molar-refractivity contribution in [2.24, 2.45) is 0 Å². The first kappa shape index (κ1) is 12.5. The van der Waals surface area contributed by atoms with E-state index in [1.165, 1.54) is 5.56 Å². The number of hydrogen-bond donors (Lipinski definition) is 1. The summed E-state index contributed by atoms with van der Waals surface area (Å²) in [5.74, 6) is -0.160. The van der Waals surface area contributed by atoms with Gasteiger partial charge in [-0.2, -0.15) is 0 Å². The largest absolute Gasteiger partial charge is 0.314 e. The molecule has 0 bridgehead atoms. The highest BCUT2D eigenvalue weighted by atomic mass is 19.1. The smallest absolute Gasteiger partial charge is 0.123 e. The molecule has 0 radical (unpaired) electrons. The molecule has 0 amide bonds. The summed E-state index contributed by atoms with van der Waals surface area (Å²) in [7, 11) is 0. The monoisotopic (exact) mass is 236 g/mol. The highest BCUT2D eigenvalue weighted by Gasteiger charge is 2.32. The summed E-state index contributed by atoms with van der Waals surface area (Å²) in [5.41, 5.74) is 1.40. The van der Waals surface area contributed by atoms with Gasteiger partial charge in [0, 0.05) is 31.7 Å². The Hall–Kier alpha value is -0.930. The molecule has 1 saturated heterocycles. The van der Waals surface area contributed by atoms with Gasteiger partial charge in [-0.05, 0) is 31.0 Å². The van der Waals surface area contributed by atoms with Gasteiger partial charge in [0.25, 0.3) is 0 Å². The van der Waals surface area contributed by atoms with Crippen LogP contribution in [0.15, 0.2) is 24.3 Å². The van der Waals surface area contributed by atoms with Crippen LogP contribution in [-0.4, -0.2) is 30.1 Å². The van der Waals surface area contributed by atoms with Crippen LogP contribution in [0.2, 0.25) is 0 Å².